The van der Waals surface area contributed by atoms with E-state index in [0.29, 0.717) is 5.82 Å². The highest BCUT2D eigenvalue weighted by atomic mass is 15.0. The molecular formula is C56H35N5. The summed E-state index contributed by atoms with van der Waals surface area (Å²) in [5.41, 5.74) is 14.3. The van der Waals surface area contributed by atoms with E-state index in [1.807, 2.05) is 12.1 Å². The van der Waals surface area contributed by atoms with Crippen molar-refractivity contribution in [2.45, 2.75) is 0 Å². The minimum Gasteiger partial charge on any atom is -0.309 e. The van der Waals surface area contributed by atoms with Crippen molar-refractivity contribution in [3.8, 4) is 39.7 Å². The number of hydrogen-bond acceptors (Lipinski definition) is 2. The number of aromatic nitrogens is 5. The van der Waals surface area contributed by atoms with E-state index in [2.05, 4.69) is 214 Å². The summed E-state index contributed by atoms with van der Waals surface area (Å²) in [6.07, 6.45) is 0. The molecule has 5 heteroatoms. The average Bonchev–Trinajstić information content (AvgIpc) is 3.96. The van der Waals surface area contributed by atoms with Gasteiger partial charge in [0.05, 0.1) is 44.3 Å². The van der Waals surface area contributed by atoms with Crippen molar-refractivity contribution in [2.24, 2.45) is 0 Å². The SMILES string of the molecule is c1ccc(-c2nc(-c3cccc(-n4c5ccccc5c5cc6c(cc54)c4ccccc4n6-c4ccc5c(c4)c4ccccc4n5-c4ccccc4)c3)nc3ccccc23)cc1. The molecule has 13 rings (SSSR count). The van der Waals surface area contributed by atoms with Crippen molar-refractivity contribution in [1.29, 1.82) is 0 Å². The number of fused-ring (bicyclic) bond motifs is 10. The van der Waals surface area contributed by atoms with Gasteiger partial charge >= 0.3 is 0 Å². The van der Waals surface area contributed by atoms with Gasteiger partial charge in [0, 0.05) is 65.9 Å². The summed E-state index contributed by atoms with van der Waals surface area (Å²) in [7, 11) is 0. The number of para-hydroxylation sites is 5. The van der Waals surface area contributed by atoms with Crippen LogP contribution in [0.2, 0.25) is 0 Å². The van der Waals surface area contributed by atoms with Gasteiger partial charge in [-0.1, -0.05) is 133 Å². The molecule has 61 heavy (non-hydrogen) atoms. The van der Waals surface area contributed by atoms with Gasteiger partial charge in [0.1, 0.15) is 0 Å². The average molecular weight is 778 g/mol. The van der Waals surface area contributed by atoms with E-state index < -0.39 is 0 Å². The second-order valence-corrected chi connectivity index (χ2v) is 15.8. The van der Waals surface area contributed by atoms with Crippen LogP contribution in [-0.2, 0) is 0 Å². The lowest BCUT2D eigenvalue weighted by Crippen LogP contribution is -1.98. The lowest BCUT2D eigenvalue weighted by molar-refractivity contribution is 1.16. The fourth-order valence-corrected chi connectivity index (χ4v) is 9.75. The van der Waals surface area contributed by atoms with Gasteiger partial charge in [-0.15, -0.1) is 0 Å². The topological polar surface area (TPSA) is 40.6 Å². The molecule has 0 atom stereocenters. The van der Waals surface area contributed by atoms with Gasteiger partial charge in [0.15, 0.2) is 5.82 Å². The Bertz CT molecular complexity index is 3870. The molecule has 5 nitrogen and oxygen atoms in total. The van der Waals surface area contributed by atoms with E-state index in [1.54, 1.807) is 0 Å². The van der Waals surface area contributed by atoms with Crippen LogP contribution in [0.25, 0.3) is 116 Å². The Balaban J connectivity index is 1.03. The van der Waals surface area contributed by atoms with E-state index in [4.69, 9.17) is 9.97 Å². The van der Waals surface area contributed by atoms with Gasteiger partial charge in [-0.25, -0.2) is 9.97 Å². The summed E-state index contributed by atoms with van der Waals surface area (Å²) in [5.74, 6) is 0.703. The van der Waals surface area contributed by atoms with Crippen LogP contribution in [0.3, 0.4) is 0 Å². The smallest absolute Gasteiger partial charge is 0.160 e. The number of nitrogens with zero attached hydrogens (tertiary/aromatic N) is 5. The van der Waals surface area contributed by atoms with E-state index in [-0.39, 0.29) is 0 Å². The third kappa shape index (κ3) is 5.08. The van der Waals surface area contributed by atoms with Crippen molar-refractivity contribution in [2.75, 3.05) is 0 Å². The van der Waals surface area contributed by atoms with Crippen LogP contribution in [-0.4, -0.2) is 23.7 Å². The van der Waals surface area contributed by atoms with Gasteiger partial charge in [-0.3, -0.25) is 0 Å². The molecule has 0 aliphatic carbocycles. The first kappa shape index (κ1) is 33.7. The molecule has 9 aromatic carbocycles. The Morgan fingerprint density at radius 3 is 1.36 bits per heavy atom. The van der Waals surface area contributed by atoms with E-state index in [0.717, 1.165) is 55.8 Å². The molecule has 0 aliphatic rings. The standard InChI is InChI=1S/C56H35N5/c1-3-16-36(17-4-1)55-44-25-7-11-26-48(44)57-56(58-55)37-18-15-21-39(32-37)60-50-28-13-9-23-42(50)46-35-54-47(34-53(46)60)43-24-10-14-29-51(43)61(54)40-30-31-52-45(33-40)41-22-8-12-27-49(41)59(52)38-19-5-2-6-20-38/h1-35H. The Morgan fingerprint density at radius 1 is 0.262 bits per heavy atom. The maximum Gasteiger partial charge on any atom is 0.160 e. The van der Waals surface area contributed by atoms with Crippen LogP contribution in [0.4, 0.5) is 0 Å². The molecule has 0 fully saturated rings. The van der Waals surface area contributed by atoms with Gasteiger partial charge in [0.25, 0.3) is 0 Å². The number of rotatable bonds is 5. The maximum absolute atomic E-state index is 5.22. The fraction of sp³-hybridized carbons (Fsp3) is 0. The summed E-state index contributed by atoms with van der Waals surface area (Å²) in [4.78, 5) is 10.3. The molecule has 0 spiro atoms. The van der Waals surface area contributed by atoms with E-state index >= 15 is 0 Å². The van der Waals surface area contributed by atoms with Crippen LogP contribution in [0, 0.1) is 0 Å². The van der Waals surface area contributed by atoms with Crippen LogP contribution < -0.4 is 0 Å². The zero-order valence-corrected chi connectivity index (χ0v) is 32.9. The first-order chi connectivity index (χ1) is 30.3. The van der Waals surface area contributed by atoms with Crippen molar-refractivity contribution in [1.82, 2.24) is 23.7 Å². The van der Waals surface area contributed by atoms with Crippen molar-refractivity contribution in [3.05, 3.63) is 212 Å². The Labute approximate surface area is 350 Å². The number of benzene rings is 9. The Kier molecular flexibility index (Phi) is 7.24. The molecule has 0 unspecified atom stereocenters. The minimum atomic E-state index is 0.703. The quantitative estimate of drug-likeness (QED) is 0.175. The zero-order chi connectivity index (χ0) is 40.0. The normalized spacial score (nSPS) is 11.9. The molecule has 284 valence electrons. The first-order valence-corrected chi connectivity index (χ1v) is 20.8. The summed E-state index contributed by atoms with van der Waals surface area (Å²) in [6, 6.07) is 76.1. The first-order valence-electron chi connectivity index (χ1n) is 20.8. The summed E-state index contributed by atoms with van der Waals surface area (Å²) >= 11 is 0. The highest BCUT2D eigenvalue weighted by molar-refractivity contribution is 6.19. The largest absolute Gasteiger partial charge is 0.309 e. The third-order valence-electron chi connectivity index (χ3n) is 12.4. The molecule has 0 aliphatic heterocycles. The van der Waals surface area contributed by atoms with Crippen molar-refractivity contribution >= 4 is 76.3 Å². The molecular weight excluding hydrogens is 743 g/mol. The maximum atomic E-state index is 5.22. The lowest BCUT2D eigenvalue weighted by atomic mass is 10.1. The van der Waals surface area contributed by atoms with Crippen LogP contribution in [0.15, 0.2) is 212 Å². The van der Waals surface area contributed by atoms with Crippen molar-refractivity contribution < 1.29 is 0 Å². The Morgan fingerprint density at radius 2 is 0.721 bits per heavy atom. The van der Waals surface area contributed by atoms with Crippen LogP contribution >= 0.6 is 0 Å². The van der Waals surface area contributed by atoms with Crippen LogP contribution in [0.1, 0.15) is 0 Å². The Hall–Kier alpha value is -8.28. The van der Waals surface area contributed by atoms with Gasteiger partial charge in [0.2, 0.25) is 0 Å². The highest BCUT2D eigenvalue weighted by Gasteiger charge is 2.21. The molecule has 0 bridgehead atoms. The monoisotopic (exact) mass is 777 g/mol. The zero-order valence-electron chi connectivity index (χ0n) is 32.9. The van der Waals surface area contributed by atoms with Crippen molar-refractivity contribution in [3.63, 3.8) is 0 Å². The predicted molar refractivity (Wildman–Crippen MR) is 253 cm³/mol. The second-order valence-electron chi connectivity index (χ2n) is 15.8. The molecule has 4 aromatic heterocycles. The summed E-state index contributed by atoms with van der Waals surface area (Å²) in [5, 5.41) is 8.34. The fourth-order valence-electron chi connectivity index (χ4n) is 9.75. The molecule has 0 amide bonds. The number of hydrogen-bond donors (Lipinski definition) is 0. The van der Waals surface area contributed by atoms with Gasteiger partial charge in [-0.2, -0.15) is 0 Å². The molecule has 0 radical (unpaired) electrons. The van der Waals surface area contributed by atoms with E-state index in [1.165, 1.54) is 54.4 Å². The van der Waals surface area contributed by atoms with Gasteiger partial charge in [-0.05, 0) is 78.9 Å². The predicted octanol–water partition coefficient (Wildman–Crippen LogP) is 14.3. The second kappa shape index (κ2) is 13.1. The molecule has 0 saturated carbocycles. The minimum absolute atomic E-state index is 0.703. The molecule has 4 heterocycles. The lowest BCUT2D eigenvalue weighted by Gasteiger charge is -2.12. The van der Waals surface area contributed by atoms with Crippen LogP contribution in [0.5, 0.6) is 0 Å². The molecule has 13 aromatic rings. The summed E-state index contributed by atoms with van der Waals surface area (Å²) < 4.78 is 7.23. The molecule has 0 saturated heterocycles. The van der Waals surface area contributed by atoms with E-state index in [9.17, 15) is 0 Å². The highest BCUT2D eigenvalue weighted by Crippen LogP contribution is 2.41. The molecule has 0 N–H and O–H groups in total. The third-order valence-corrected chi connectivity index (χ3v) is 12.4. The summed E-state index contributed by atoms with van der Waals surface area (Å²) in [6.45, 7) is 0. The van der Waals surface area contributed by atoms with Gasteiger partial charge < -0.3 is 13.7 Å².